The quantitative estimate of drug-likeness (QED) is 0.494. The van der Waals surface area contributed by atoms with E-state index >= 15 is 0 Å². The maximum absolute atomic E-state index is 14.3. The minimum Gasteiger partial charge on any atom is -0.481 e. The van der Waals surface area contributed by atoms with Crippen molar-refractivity contribution in [2.45, 2.75) is 44.1 Å². The van der Waals surface area contributed by atoms with Crippen molar-refractivity contribution in [2.75, 3.05) is 13.2 Å². The lowest BCUT2D eigenvalue weighted by Crippen LogP contribution is -2.45. The van der Waals surface area contributed by atoms with Crippen LogP contribution >= 0.6 is 0 Å². The van der Waals surface area contributed by atoms with Gasteiger partial charge in [0.15, 0.2) is 0 Å². The van der Waals surface area contributed by atoms with Crippen molar-refractivity contribution in [3.8, 4) is 11.1 Å². The van der Waals surface area contributed by atoms with Gasteiger partial charge in [0, 0.05) is 24.4 Å². The number of carboxylic acids is 1. The minimum atomic E-state index is -3.26. The highest BCUT2D eigenvalue weighted by atomic mass is 19.3. The van der Waals surface area contributed by atoms with E-state index in [2.05, 4.69) is 10.6 Å². The summed E-state index contributed by atoms with van der Waals surface area (Å²) in [5.41, 5.74) is 3.29. The smallest absolute Gasteiger partial charge is 0.407 e. The lowest BCUT2D eigenvalue weighted by Gasteiger charge is -2.25. The normalized spacial score (nSPS) is 19.9. The van der Waals surface area contributed by atoms with Gasteiger partial charge in [-0.05, 0) is 42.5 Å². The first-order valence-electron chi connectivity index (χ1n) is 11.5. The van der Waals surface area contributed by atoms with Crippen molar-refractivity contribution in [3.05, 3.63) is 59.7 Å². The summed E-state index contributed by atoms with van der Waals surface area (Å²) in [5.74, 6) is -8.23. The van der Waals surface area contributed by atoms with Gasteiger partial charge in [0.05, 0.1) is 5.92 Å². The molecule has 186 valence electrons. The average molecular weight is 487 g/mol. The first-order valence-corrected chi connectivity index (χ1v) is 11.5. The Labute approximate surface area is 201 Å². The molecule has 35 heavy (non-hydrogen) atoms. The molecule has 0 radical (unpaired) electrons. The Morgan fingerprint density at radius 2 is 1.60 bits per heavy atom. The molecule has 2 amide bonds. The Bertz CT molecular complexity index is 1100. The van der Waals surface area contributed by atoms with Crippen LogP contribution in [0.2, 0.25) is 0 Å². The van der Waals surface area contributed by atoms with Gasteiger partial charge in [0.1, 0.15) is 12.5 Å². The van der Waals surface area contributed by atoms with Crippen LogP contribution in [0.1, 0.15) is 43.7 Å². The Balaban J connectivity index is 1.29. The van der Waals surface area contributed by atoms with E-state index in [4.69, 9.17) is 9.84 Å². The predicted octanol–water partition coefficient (Wildman–Crippen LogP) is 4.17. The monoisotopic (exact) mass is 486 g/mol. The number of ether oxygens (including phenoxy) is 1. The molecule has 2 unspecified atom stereocenters. The zero-order chi connectivity index (χ0) is 25.4. The number of halogens is 2. The number of fused-ring (bicyclic) bond motifs is 3. The molecule has 9 heteroatoms. The van der Waals surface area contributed by atoms with Gasteiger partial charge in [0.25, 0.3) is 5.92 Å². The van der Waals surface area contributed by atoms with E-state index in [0.29, 0.717) is 0 Å². The zero-order valence-corrected chi connectivity index (χ0v) is 19.5. The first-order chi connectivity index (χ1) is 16.5. The van der Waals surface area contributed by atoms with Crippen LogP contribution in [0.5, 0.6) is 0 Å². The van der Waals surface area contributed by atoms with E-state index in [-0.39, 0.29) is 25.4 Å². The number of hydrogen-bond acceptors (Lipinski definition) is 4. The molecular weight excluding hydrogens is 458 g/mol. The molecule has 1 fully saturated rings. The number of aliphatic carboxylic acids is 1. The third-order valence-electron chi connectivity index (χ3n) is 6.72. The summed E-state index contributed by atoms with van der Waals surface area (Å²) in [6.07, 6.45) is -0.911. The van der Waals surface area contributed by atoms with Gasteiger partial charge in [0.2, 0.25) is 5.91 Å². The molecule has 2 aliphatic rings. The largest absolute Gasteiger partial charge is 0.481 e. The molecule has 0 saturated heterocycles. The van der Waals surface area contributed by atoms with Crippen molar-refractivity contribution in [1.82, 2.24) is 10.6 Å². The second-order valence-electron chi connectivity index (χ2n) is 9.73. The minimum absolute atomic E-state index is 0.0581. The van der Waals surface area contributed by atoms with Crippen LogP contribution in [-0.2, 0) is 14.3 Å². The molecule has 0 aromatic heterocycles. The van der Waals surface area contributed by atoms with Gasteiger partial charge in [-0.25, -0.2) is 13.6 Å². The summed E-state index contributed by atoms with van der Waals surface area (Å²) in [6.45, 7) is 2.82. The van der Waals surface area contributed by atoms with Crippen LogP contribution in [-0.4, -0.2) is 47.7 Å². The maximum atomic E-state index is 14.3. The standard InChI is InChI=1S/C26H28F2N2O5/c1-25(2,12-11-21(31)32)30-23(33)22-20(26(22,27)28)13-29-24(34)35-14-19-17-9-5-3-7-15(17)16-8-4-6-10-18(16)19/h3-10,19-20,22H,11-14H2,1-2H3,(H,29,34)(H,30,33)(H,31,32). The van der Waals surface area contributed by atoms with Crippen molar-refractivity contribution < 1.29 is 33.0 Å². The molecule has 0 spiro atoms. The third kappa shape index (κ3) is 5.13. The lowest BCUT2D eigenvalue weighted by molar-refractivity contribution is -0.138. The summed E-state index contributed by atoms with van der Waals surface area (Å²) in [6, 6.07) is 15.7. The molecule has 4 rings (SSSR count). The molecular formula is C26H28F2N2O5. The van der Waals surface area contributed by atoms with Crippen LogP contribution in [0.15, 0.2) is 48.5 Å². The molecule has 2 aromatic rings. The number of benzene rings is 2. The third-order valence-corrected chi connectivity index (χ3v) is 6.72. The Kier molecular flexibility index (Phi) is 6.53. The summed E-state index contributed by atoms with van der Waals surface area (Å²) in [5, 5.41) is 13.7. The van der Waals surface area contributed by atoms with Crippen molar-refractivity contribution >= 4 is 18.0 Å². The number of carbonyl (C=O) groups excluding carboxylic acids is 2. The number of alkyl carbamates (subject to hydrolysis) is 1. The molecule has 0 aliphatic heterocycles. The highest BCUT2D eigenvalue weighted by Crippen LogP contribution is 2.55. The van der Waals surface area contributed by atoms with Gasteiger partial charge in [-0.15, -0.1) is 0 Å². The number of alkyl halides is 2. The SMILES string of the molecule is CC(C)(CCC(=O)O)NC(=O)C1C(CNC(=O)OCC2c3ccccc3-c3ccccc32)C1(F)F. The molecule has 2 aliphatic carbocycles. The van der Waals surface area contributed by atoms with E-state index in [1.807, 2.05) is 48.5 Å². The number of carboxylic acid groups (broad SMARTS) is 1. The van der Waals surface area contributed by atoms with E-state index in [9.17, 15) is 23.2 Å². The van der Waals surface area contributed by atoms with Crippen molar-refractivity contribution in [1.29, 1.82) is 0 Å². The second kappa shape index (κ2) is 9.28. The fourth-order valence-corrected chi connectivity index (χ4v) is 4.74. The fourth-order valence-electron chi connectivity index (χ4n) is 4.74. The van der Waals surface area contributed by atoms with Gasteiger partial charge in [-0.2, -0.15) is 0 Å². The number of rotatable bonds is 9. The zero-order valence-electron chi connectivity index (χ0n) is 19.5. The summed E-state index contributed by atoms with van der Waals surface area (Å²) in [4.78, 5) is 35.4. The maximum Gasteiger partial charge on any atom is 0.407 e. The van der Waals surface area contributed by atoms with E-state index in [1.165, 1.54) is 0 Å². The van der Waals surface area contributed by atoms with E-state index < -0.39 is 47.8 Å². The van der Waals surface area contributed by atoms with Gasteiger partial charge < -0.3 is 20.5 Å². The summed E-state index contributed by atoms with van der Waals surface area (Å²) < 4.78 is 33.9. The molecule has 7 nitrogen and oxygen atoms in total. The number of hydrogen-bond donors (Lipinski definition) is 3. The molecule has 0 heterocycles. The Hall–Kier alpha value is -3.49. The lowest BCUT2D eigenvalue weighted by atomic mass is 9.98. The van der Waals surface area contributed by atoms with Crippen LogP contribution in [0.25, 0.3) is 11.1 Å². The number of nitrogens with one attached hydrogen (secondary N) is 2. The predicted molar refractivity (Wildman–Crippen MR) is 124 cm³/mol. The van der Waals surface area contributed by atoms with Crippen LogP contribution < -0.4 is 10.6 Å². The molecule has 2 aromatic carbocycles. The first kappa shape index (κ1) is 24.6. The second-order valence-corrected chi connectivity index (χ2v) is 9.73. The highest BCUT2D eigenvalue weighted by molar-refractivity contribution is 5.84. The van der Waals surface area contributed by atoms with Gasteiger partial charge in [-0.3, -0.25) is 9.59 Å². The van der Waals surface area contributed by atoms with Crippen molar-refractivity contribution in [3.63, 3.8) is 0 Å². The topological polar surface area (TPSA) is 105 Å². The van der Waals surface area contributed by atoms with Crippen molar-refractivity contribution in [2.24, 2.45) is 11.8 Å². The number of carbonyl (C=O) groups is 3. The van der Waals surface area contributed by atoms with Crippen LogP contribution in [0.4, 0.5) is 13.6 Å². The van der Waals surface area contributed by atoms with E-state index in [1.54, 1.807) is 13.8 Å². The van der Waals surface area contributed by atoms with Gasteiger partial charge in [-0.1, -0.05) is 48.5 Å². The molecule has 0 bridgehead atoms. The van der Waals surface area contributed by atoms with Crippen LogP contribution in [0, 0.1) is 11.8 Å². The Morgan fingerprint density at radius 1 is 1.03 bits per heavy atom. The van der Waals surface area contributed by atoms with E-state index in [0.717, 1.165) is 22.3 Å². The fraction of sp³-hybridized carbons (Fsp3) is 0.423. The molecule has 1 saturated carbocycles. The molecule has 2 atom stereocenters. The molecule has 3 N–H and O–H groups in total. The Morgan fingerprint density at radius 3 is 2.17 bits per heavy atom. The number of amides is 2. The van der Waals surface area contributed by atoms with Crippen LogP contribution in [0.3, 0.4) is 0 Å². The summed E-state index contributed by atoms with van der Waals surface area (Å²) >= 11 is 0. The summed E-state index contributed by atoms with van der Waals surface area (Å²) in [7, 11) is 0. The highest BCUT2D eigenvalue weighted by Gasteiger charge is 2.71. The average Bonchev–Trinajstić information content (AvgIpc) is 3.21. The van der Waals surface area contributed by atoms with Gasteiger partial charge >= 0.3 is 12.1 Å².